The summed E-state index contributed by atoms with van der Waals surface area (Å²) in [4.78, 5) is 9.41. The zero-order valence-corrected chi connectivity index (χ0v) is 16.2. The van der Waals surface area contributed by atoms with Gasteiger partial charge in [0.05, 0.1) is 6.20 Å². The molecule has 0 radical (unpaired) electrons. The van der Waals surface area contributed by atoms with Crippen molar-refractivity contribution >= 4 is 17.5 Å². The molecule has 0 unspecified atom stereocenters. The number of hydrogen-bond acceptors (Lipinski definition) is 7. The van der Waals surface area contributed by atoms with Gasteiger partial charge in [-0.3, -0.25) is 0 Å². The Labute approximate surface area is 164 Å². The second-order valence-electron chi connectivity index (χ2n) is 7.42. The van der Waals surface area contributed by atoms with E-state index in [1.165, 1.54) is 0 Å². The van der Waals surface area contributed by atoms with Gasteiger partial charge in [0.15, 0.2) is 5.65 Å². The molecule has 0 spiro atoms. The van der Waals surface area contributed by atoms with E-state index in [1.54, 1.807) is 16.6 Å². The predicted molar refractivity (Wildman–Crippen MR) is 108 cm³/mol. The Bertz CT molecular complexity index is 949. The Morgan fingerprint density at radius 2 is 2.07 bits per heavy atom. The summed E-state index contributed by atoms with van der Waals surface area (Å²) >= 11 is 0. The van der Waals surface area contributed by atoms with Gasteiger partial charge in [-0.2, -0.15) is 19.6 Å². The largest absolute Gasteiger partial charge is 0.508 e. The molecular weight excluding hydrogens is 356 g/mol. The third-order valence-corrected chi connectivity index (χ3v) is 4.93. The lowest BCUT2D eigenvalue weighted by molar-refractivity contribution is 0.0903. The molecule has 148 valence electrons. The SMILES string of the molecule is CC(C)c1cnn2c(NCc3cccc(O)c3)nc(NC3CCOCC3)nc12. The maximum atomic E-state index is 9.68. The van der Waals surface area contributed by atoms with Gasteiger partial charge in [0.2, 0.25) is 11.9 Å². The monoisotopic (exact) mass is 382 g/mol. The Kier molecular flexibility index (Phi) is 5.29. The van der Waals surface area contributed by atoms with E-state index < -0.39 is 0 Å². The number of fused-ring (bicyclic) bond motifs is 1. The number of hydrogen-bond donors (Lipinski definition) is 3. The topological polar surface area (TPSA) is 96.6 Å². The van der Waals surface area contributed by atoms with Crippen LogP contribution in [0, 0.1) is 0 Å². The molecule has 3 N–H and O–H groups in total. The minimum Gasteiger partial charge on any atom is -0.508 e. The Hall–Kier alpha value is -2.87. The van der Waals surface area contributed by atoms with Gasteiger partial charge in [0.1, 0.15) is 5.75 Å². The van der Waals surface area contributed by atoms with Crippen molar-refractivity contribution in [1.82, 2.24) is 19.6 Å². The molecule has 4 rings (SSSR count). The first-order valence-corrected chi connectivity index (χ1v) is 9.72. The van der Waals surface area contributed by atoms with Crippen LogP contribution in [0.3, 0.4) is 0 Å². The van der Waals surface area contributed by atoms with Crippen LogP contribution in [0.25, 0.3) is 5.65 Å². The van der Waals surface area contributed by atoms with Crippen LogP contribution in [0.1, 0.15) is 43.7 Å². The highest BCUT2D eigenvalue weighted by molar-refractivity contribution is 5.56. The lowest BCUT2D eigenvalue weighted by Gasteiger charge is -2.23. The number of phenolic OH excluding ortho intramolecular Hbond substituents is 1. The highest BCUT2D eigenvalue weighted by Gasteiger charge is 2.18. The molecule has 1 aliphatic rings. The summed E-state index contributed by atoms with van der Waals surface area (Å²) in [5.41, 5.74) is 2.85. The Morgan fingerprint density at radius 3 is 2.82 bits per heavy atom. The molecule has 3 heterocycles. The first-order chi connectivity index (χ1) is 13.6. The van der Waals surface area contributed by atoms with Gasteiger partial charge in [-0.05, 0) is 36.5 Å². The number of phenols is 1. The van der Waals surface area contributed by atoms with Crippen LogP contribution in [0.15, 0.2) is 30.5 Å². The van der Waals surface area contributed by atoms with Crippen molar-refractivity contribution < 1.29 is 9.84 Å². The Balaban J connectivity index is 1.64. The van der Waals surface area contributed by atoms with Gasteiger partial charge in [-0.1, -0.05) is 26.0 Å². The number of nitrogens with zero attached hydrogens (tertiary/aromatic N) is 4. The highest BCUT2D eigenvalue weighted by Crippen LogP contribution is 2.23. The van der Waals surface area contributed by atoms with Crippen molar-refractivity contribution in [3.05, 3.63) is 41.6 Å². The van der Waals surface area contributed by atoms with E-state index in [-0.39, 0.29) is 5.75 Å². The molecule has 0 amide bonds. The van der Waals surface area contributed by atoms with Crippen LogP contribution < -0.4 is 10.6 Å². The van der Waals surface area contributed by atoms with Crippen LogP contribution in [-0.2, 0) is 11.3 Å². The molecule has 3 aromatic rings. The van der Waals surface area contributed by atoms with Crippen molar-refractivity contribution in [2.24, 2.45) is 0 Å². The summed E-state index contributed by atoms with van der Waals surface area (Å²) in [6, 6.07) is 7.47. The molecule has 28 heavy (non-hydrogen) atoms. The summed E-state index contributed by atoms with van der Waals surface area (Å²) in [5, 5.41) is 21.0. The molecule has 1 aliphatic heterocycles. The van der Waals surface area contributed by atoms with Crippen molar-refractivity contribution in [2.45, 2.75) is 45.2 Å². The van der Waals surface area contributed by atoms with E-state index in [4.69, 9.17) is 9.72 Å². The predicted octanol–water partition coefficient (Wildman–Crippen LogP) is 3.16. The van der Waals surface area contributed by atoms with E-state index in [0.29, 0.717) is 30.4 Å². The van der Waals surface area contributed by atoms with Crippen LogP contribution in [0.5, 0.6) is 5.75 Å². The summed E-state index contributed by atoms with van der Waals surface area (Å²) < 4.78 is 7.18. The zero-order chi connectivity index (χ0) is 19.5. The van der Waals surface area contributed by atoms with Gasteiger partial charge in [-0.15, -0.1) is 0 Å². The average molecular weight is 382 g/mol. The van der Waals surface area contributed by atoms with E-state index in [2.05, 4.69) is 34.6 Å². The number of benzene rings is 1. The average Bonchev–Trinajstić information content (AvgIpc) is 3.11. The van der Waals surface area contributed by atoms with E-state index in [0.717, 1.165) is 42.8 Å². The lowest BCUT2D eigenvalue weighted by Crippen LogP contribution is -2.29. The molecule has 1 fully saturated rings. The molecule has 0 atom stereocenters. The van der Waals surface area contributed by atoms with Crippen LogP contribution in [0.4, 0.5) is 11.9 Å². The van der Waals surface area contributed by atoms with Gasteiger partial charge in [-0.25, -0.2) is 0 Å². The summed E-state index contributed by atoms with van der Waals surface area (Å²) in [6.45, 7) is 6.29. The normalized spacial score (nSPS) is 15.2. The molecule has 2 aromatic heterocycles. The third-order valence-electron chi connectivity index (χ3n) is 4.93. The fourth-order valence-corrected chi connectivity index (χ4v) is 3.35. The third kappa shape index (κ3) is 4.01. The fourth-order valence-electron chi connectivity index (χ4n) is 3.35. The minimum atomic E-state index is 0.246. The maximum Gasteiger partial charge on any atom is 0.229 e. The van der Waals surface area contributed by atoms with Gasteiger partial charge in [0.25, 0.3) is 0 Å². The molecular formula is C20H26N6O2. The first-order valence-electron chi connectivity index (χ1n) is 9.72. The summed E-state index contributed by atoms with van der Waals surface area (Å²) in [5.74, 6) is 1.77. The number of ether oxygens (including phenoxy) is 1. The van der Waals surface area contributed by atoms with Crippen molar-refractivity contribution in [3.8, 4) is 5.75 Å². The van der Waals surface area contributed by atoms with Crippen molar-refractivity contribution in [2.75, 3.05) is 23.8 Å². The van der Waals surface area contributed by atoms with E-state index in [9.17, 15) is 5.11 Å². The standard InChI is InChI=1S/C20H26N6O2/c1-13(2)17-12-22-26-18(17)24-19(23-15-6-8-28-9-7-15)25-20(26)21-11-14-4-3-5-16(27)10-14/h3-5,10,12-13,15,27H,6-9,11H2,1-2H3,(H2,21,23,24,25). The van der Waals surface area contributed by atoms with E-state index >= 15 is 0 Å². The molecule has 0 aliphatic carbocycles. The fraction of sp³-hybridized carbons (Fsp3) is 0.450. The van der Waals surface area contributed by atoms with Gasteiger partial charge < -0.3 is 20.5 Å². The molecule has 8 heteroatoms. The second-order valence-corrected chi connectivity index (χ2v) is 7.42. The molecule has 8 nitrogen and oxygen atoms in total. The van der Waals surface area contributed by atoms with Gasteiger partial charge in [0, 0.05) is 31.4 Å². The summed E-state index contributed by atoms with van der Waals surface area (Å²) in [6.07, 6.45) is 3.74. The second kappa shape index (κ2) is 8.02. The quantitative estimate of drug-likeness (QED) is 0.602. The Morgan fingerprint density at radius 1 is 1.25 bits per heavy atom. The van der Waals surface area contributed by atoms with Crippen molar-refractivity contribution in [1.29, 1.82) is 0 Å². The number of anilines is 2. The molecule has 0 saturated carbocycles. The smallest absolute Gasteiger partial charge is 0.229 e. The molecule has 1 saturated heterocycles. The summed E-state index contributed by atoms with van der Waals surface area (Å²) in [7, 11) is 0. The minimum absolute atomic E-state index is 0.246. The van der Waals surface area contributed by atoms with Gasteiger partial charge >= 0.3 is 0 Å². The maximum absolute atomic E-state index is 9.68. The van der Waals surface area contributed by atoms with Crippen molar-refractivity contribution in [3.63, 3.8) is 0 Å². The van der Waals surface area contributed by atoms with Crippen LogP contribution in [0.2, 0.25) is 0 Å². The van der Waals surface area contributed by atoms with Crippen LogP contribution in [-0.4, -0.2) is 43.9 Å². The first kappa shape index (κ1) is 18.5. The number of rotatable bonds is 6. The lowest BCUT2D eigenvalue weighted by atomic mass is 10.1. The number of nitrogens with one attached hydrogen (secondary N) is 2. The van der Waals surface area contributed by atoms with E-state index in [1.807, 2.05) is 18.3 Å². The molecule has 1 aromatic carbocycles. The number of aromatic hydroxyl groups is 1. The number of aromatic nitrogens is 4. The highest BCUT2D eigenvalue weighted by atomic mass is 16.5. The molecule has 0 bridgehead atoms. The van der Waals surface area contributed by atoms with Crippen LogP contribution >= 0.6 is 0 Å². The zero-order valence-electron chi connectivity index (χ0n) is 16.2.